The highest BCUT2D eigenvalue weighted by Crippen LogP contribution is 2.31. The Morgan fingerprint density at radius 3 is 2.40 bits per heavy atom. The highest BCUT2D eigenvalue weighted by molar-refractivity contribution is 7.92. The van der Waals surface area contributed by atoms with Crippen molar-refractivity contribution in [1.82, 2.24) is 5.32 Å². The van der Waals surface area contributed by atoms with Crippen molar-refractivity contribution in [3.63, 3.8) is 0 Å². The third-order valence-electron chi connectivity index (χ3n) is 4.20. The van der Waals surface area contributed by atoms with Gasteiger partial charge >= 0.3 is 0 Å². The summed E-state index contributed by atoms with van der Waals surface area (Å²) in [5.41, 5.74) is -0.206. The Morgan fingerprint density at radius 2 is 1.80 bits per heavy atom. The molecule has 2 aromatic rings. The average Bonchev–Trinajstić information content (AvgIpc) is 2.58. The highest BCUT2D eigenvalue weighted by Gasteiger charge is 2.38. The molecule has 0 aromatic heterocycles. The van der Waals surface area contributed by atoms with E-state index < -0.39 is 15.6 Å². The number of nitriles is 1. The van der Waals surface area contributed by atoms with Crippen LogP contribution >= 0.6 is 0 Å². The Balaban J connectivity index is 1.78. The lowest BCUT2D eigenvalue weighted by Crippen LogP contribution is -2.52. The van der Waals surface area contributed by atoms with Gasteiger partial charge < -0.3 is 5.32 Å². The van der Waals surface area contributed by atoms with E-state index in [-0.39, 0.29) is 16.5 Å². The van der Waals surface area contributed by atoms with Gasteiger partial charge in [-0.05, 0) is 49.6 Å². The van der Waals surface area contributed by atoms with Crippen LogP contribution in [0.25, 0.3) is 0 Å². The number of rotatable bonds is 5. The fourth-order valence-electron chi connectivity index (χ4n) is 2.62. The van der Waals surface area contributed by atoms with Gasteiger partial charge in [0.15, 0.2) is 0 Å². The summed E-state index contributed by atoms with van der Waals surface area (Å²) in [4.78, 5) is 12.5. The fourth-order valence-corrected chi connectivity index (χ4v) is 3.69. The number of carbonyl (C=O) groups is 1. The molecule has 1 aliphatic carbocycles. The summed E-state index contributed by atoms with van der Waals surface area (Å²) in [6.45, 7) is 0. The van der Waals surface area contributed by atoms with Crippen LogP contribution in [0.1, 0.15) is 29.6 Å². The van der Waals surface area contributed by atoms with Gasteiger partial charge in [0.1, 0.15) is 5.54 Å². The molecule has 1 aliphatic rings. The Labute approximate surface area is 146 Å². The molecule has 0 heterocycles. The minimum atomic E-state index is -3.72. The minimum absolute atomic E-state index is 0.141. The number of nitrogens with zero attached hydrogens (tertiary/aromatic N) is 1. The molecule has 6 nitrogen and oxygen atoms in total. The second-order valence-corrected chi connectivity index (χ2v) is 7.68. The number of nitrogens with one attached hydrogen (secondary N) is 2. The van der Waals surface area contributed by atoms with E-state index in [0.717, 1.165) is 6.42 Å². The van der Waals surface area contributed by atoms with Crippen molar-refractivity contribution in [2.45, 2.75) is 29.7 Å². The van der Waals surface area contributed by atoms with Crippen LogP contribution in [0.15, 0.2) is 59.5 Å². The largest absolute Gasteiger partial charge is 0.334 e. The lowest BCUT2D eigenvalue weighted by Gasteiger charge is -2.35. The normalized spacial score (nSPS) is 15.5. The fraction of sp³-hybridized carbons (Fsp3) is 0.222. The van der Waals surface area contributed by atoms with Gasteiger partial charge in [-0.1, -0.05) is 24.3 Å². The van der Waals surface area contributed by atoms with Crippen LogP contribution in [0.4, 0.5) is 5.69 Å². The van der Waals surface area contributed by atoms with Gasteiger partial charge in [0.05, 0.1) is 11.0 Å². The third-order valence-corrected chi connectivity index (χ3v) is 5.60. The Hall–Kier alpha value is -2.85. The summed E-state index contributed by atoms with van der Waals surface area (Å²) in [5.74, 6) is -0.387. The van der Waals surface area contributed by atoms with Gasteiger partial charge in [0.25, 0.3) is 15.9 Å². The van der Waals surface area contributed by atoms with Crippen molar-refractivity contribution in [3.05, 3.63) is 60.2 Å². The van der Waals surface area contributed by atoms with Gasteiger partial charge in [-0.2, -0.15) is 5.26 Å². The quantitative estimate of drug-likeness (QED) is 0.861. The molecular weight excluding hydrogens is 338 g/mol. The minimum Gasteiger partial charge on any atom is -0.334 e. The van der Waals surface area contributed by atoms with E-state index in [2.05, 4.69) is 16.1 Å². The SMILES string of the molecule is N#CC1(NC(=O)c2cccc(NS(=O)(=O)c3ccccc3)c2)CCC1. The summed E-state index contributed by atoms with van der Waals surface area (Å²) in [5, 5.41) is 11.9. The summed E-state index contributed by atoms with van der Waals surface area (Å²) in [6.07, 6.45) is 2.18. The molecule has 0 bridgehead atoms. The molecule has 0 radical (unpaired) electrons. The molecule has 2 N–H and O–H groups in total. The smallest absolute Gasteiger partial charge is 0.261 e. The molecule has 128 valence electrons. The van der Waals surface area contributed by atoms with Crippen LogP contribution in [0, 0.1) is 11.3 Å². The van der Waals surface area contributed by atoms with Crippen LogP contribution in [-0.2, 0) is 10.0 Å². The molecule has 7 heteroatoms. The maximum atomic E-state index is 12.4. The maximum Gasteiger partial charge on any atom is 0.261 e. The van der Waals surface area contributed by atoms with E-state index in [4.69, 9.17) is 0 Å². The predicted molar refractivity (Wildman–Crippen MR) is 93.4 cm³/mol. The van der Waals surface area contributed by atoms with Gasteiger partial charge in [-0.25, -0.2) is 8.42 Å². The van der Waals surface area contributed by atoms with E-state index >= 15 is 0 Å². The molecule has 3 rings (SSSR count). The zero-order valence-electron chi connectivity index (χ0n) is 13.4. The maximum absolute atomic E-state index is 12.4. The van der Waals surface area contributed by atoms with Crippen molar-refractivity contribution in [2.24, 2.45) is 0 Å². The second kappa shape index (κ2) is 6.57. The number of carbonyl (C=O) groups excluding carboxylic acids is 1. The Morgan fingerprint density at radius 1 is 1.08 bits per heavy atom. The zero-order valence-corrected chi connectivity index (χ0v) is 14.2. The molecule has 0 aliphatic heterocycles. The number of benzene rings is 2. The molecule has 25 heavy (non-hydrogen) atoms. The zero-order chi connectivity index (χ0) is 17.9. The lowest BCUT2D eigenvalue weighted by molar-refractivity contribution is 0.0881. The first-order valence-electron chi connectivity index (χ1n) is 7.86. The number of amides is 1. The molecule has 0 unspecified atom stereocenters. The first kappa shape index (κ1) is 17.0. The van der Waals surface area contributed by atoms with E-state index in [0.29, 0.717) is 18.4 Å². The number of anilines is 1. The standard InChI is InChI=1S/C18H17N3O3S/c19-13-18(10-5-11-18)20-17(22)14-6-4-7-15(12-14)21-25(23,24)16-8-2-1-3-9-16/h1-4,6-9,12,21H,5,10-11H2,(H,20,22). The van der Waals surface area contributed by atoms with Crippen molar-refractivity contribution < 1.29 is 13.2 Å². The van der Waals surface area contributed by atoms with E-state index in [9.17, 15) is 18.5 Å². The second-order valence-electron chi connectivity index (χ2n) is 6.00. The molecule has 0 atom stereocenters. The van der Waals surface area contributed by atoms with Crippen LogP contribution < -0.4 is 10.0 Å². The van der Waals surface area contributed by atoms with Crippen LogP contribution in [0.2, 0.25) is 0 Å². The molecule has 1 fully saturated rings. The molecular formula is C18H17N3O3S. The Kier molecular flexibility index (Phi) is 4.47. The first-order valence-corrected chi connectivity index (χ1v) is 9.34. The van der Waals surface area contributed by atoms with Crippen LogP contribution in [0.3, 0.4) is 0 Å². The van der Waals surface area contributed by atoms with Crippen molar-refractivity contribution >= 4 is 21.6 Å². The summed E-state index contributed by atoms with van der Waals surface area (Å²) < 4.78 is 27.2. The monoisotopic (exact) mass is 355 g/mol. The van der Waals surface area contributed by atoms with Crippen molar-refractivity contribution in [2.75, 3.05) is 4.72 Å². The third kappa shape index (κ3) is 3.64. The molecule has 2 aromatic carbocycles. The van der Waals surface area contributed by atoms with Crippen molar-refractivity contribution in [1.29, 1.82) is 5.26 Å². The summed E-state index contributed by atoms with van der Waals surface area (Å²) in [7, 11) is -3.72. The lowest BCUT2D eigenvalue weighted by atomic mass is 9.78. The highest BCUT2D eigenvalue weighted by atomic mass is 32.2. The molecule has 1 saturated carbocycles. The van der Waals surface area contributed by atoms with Gasteiger partial charge in [0, 0.05) is 11.3 Å². The van der Waals surface area contributed by atoms with Gasteiger partial charge in [-0.15, -0.1) is 0 Å². The van der Waals surface area contributed by atoms with E-state index in [1.807, 2.05) is 0 Å². The van der Waals surface area contributed by atoms with E-state index in [1.54, 1.807) is 36.4 Å². The number of hydrogen-bond acceptors (Lipinski definition) is 4. The van der Waals surface area contributed by atoms with Crippen LogP contribution in [0.5, 0.6) is 0 Å². The molecule has 0 spiro atoms. The summed E-state index contributed by atoms with van der Waals surface area (Å²) in [6, 6.07) is 16.3. The average molecular weight is 355 g/mol. The van der Waals surface area contributed by atoms with Gasteiger partial charge in [-0.3, -0.25) is 9.52 Å². The number of hydrogen-bond donors (Lipinski definition) is 2. The molecule has 0 saturated heterocycles. The predicted octanol–water partition coefficient (Wildman–Crippen LogP) is 2.66. The molecule has 1 amide bonds. The number of sulfonamides is 1. The first-order chi connectivity index (χ1) is 11.9. The topological polar surface area (TPSA) is 99.1 Å². The van der Waals surface area contributed by atoms with E-state index in [1.165, 1.54) is 18.2 Å². The van der Waals surface area contributed by atoms with Crippen LogP contribution in [-0.4, -0.2) is 19.9 Å². The summed E-state index contributed by atoms with van der Waals surface area (Å²) >= 11 is 0. The van der Waals surface area contributed by atoms with Crippen molar-refractivity contribution in [3.8, 4) is 6.07 Å². The Bertz CT molecular complexity index is 930. The van der Waals surface area contributed by atoms with Gasteiger partial charge in [0.2, 0.25) is 0 Å².